The summed E-state index contributed by atoms with van der Waals surface area (Å²) < 4.78 is 13.4. The predicted octanol–water partition coefficient (Wildman–Crippen LogP) is 3.22. The third-order valence-electron chi connectivity index (χ3n) is 2.60. The summed E-state index contributed by atoms with van der Waals surface area (Å²) in [6.45, 7) is 1.99. The molecule has 2 heteroatoms. The van der Waals surface area contributed by atoms with Gasteiger partial charge in [0, 0.05) is 11.1 Å². The van der Waals surface area contributed by atoms with Crippen molar-refractivity contribution in [2.75, 3.05) is 0 Å². The van der Waals surface area contributed by atoms with Gasteiger partial charge >= 0.3 is 0 Å². The van der Waals surface area contributed by atoms with Crippen molar-refractivity contribution in [2.45, 2.75) is 13.0 Å². The van der Waals surface area contributed by atoms with Gasteiger partial charge in [-0.05, 0) is 25.1 Å². The summed E-state index contributed by atoms with van der Waals surface area (Å²) in [7, 11) is 0. The first kappa shape index (κ1) is 12.3. The van der Waals surface area contributed by atoms with Gasteiger partial charge in [-0.2, -0.15) is 0 Å². The van der Waals surface area contributed by atoms with E-state index < -0.39 is 11.9 Å². The van der Waals surface area contributed by atoms with Crippen molar-refractivity contribution in [3.05, 3.63) is 71.0 Å². The first-order valence-electron chi connectivity index (χ1n) is 5.67. The minimum Gasteiger partial charge on any atom is -0.376 e. The Morgan fingerprint density at radius 2 is 1.72 bits per heavy atom. The van der Waals surface area contributed by atoms with Gasteiger partial charge in [-0.25, -0.2) is 4.39 Å². The largest absolute Gasteiger partial charge is 0.376 e. The first-order valence-corrected chi connectivity index (χ1v) is 5.67. The van der Waals surface area contributed by atoms with Gasteiger partial charge in [0.15, 0.2) is 0 Å². The number of hydrogen-bond donors (Lipinski definition) is 1. The molecular formula is C16H13FO. The van der Waals surface area contributed by atoms with Crippen LogP contribution in [-0.2, 0) is 0 Å². The molecule has 0 aliphatic rings. The summed E-state index contributed by atoms with van der Waals surface area (Å²) >= 11 is 0. The SMILES string of the molecule is Cc1ccc(C#CC(O)c2ccccc2F)cc1. The van der Waals surface area contributed by atoms with E-state index in [1.165, 1.54) is 12.1 Å². The van der Waals surface area contributed by atoms with Gasteiger partial charge in [0.2, 0.25) is 0 Å². The molecule has 2 aromatic carbocycles. The monoisotopic (exact) mass is 240 g/mol. The van der Waals surface area contributed by atoms with Crippen LogP contribution in [0.5, 0.6) is 0 Å². The summed E-state index contributed by atoms with van der Waals surface area (Å²) in [5.74, 6) is 5.03. The van der Waals surface area contributed by atoms with Crippen molar-refractivity contribution in [3.63, 3.8) is 0 Å². The minimum atomic E-state index is -1.10. The van der Waals surface area contributed by atoms with Crippen molar-refractivity contribution >= 4 is 0 Å². The van der Waals surface area contributed by atoms with E-state index in [-0.39, 0.29) is 5.56 Å². The summed E-state index contributed by atoms with van der Waals surface area (Å²) in [6, 6.07) is 13.7. The van der Waals surface area contributed by atoms with Crippen LogP contribution in [0.1, 0.15) is 22.8 Å². The van der Waals surface area contributed by atoms with Crippen molar-refractivity contribution in [3.8, 4) is 11.8 Å². The van der Waals surface area contributed by atoms with Crippen molar-refractivity contribution < 1.29 is 9.50 Å². The number of aliphatic hydroxyl groups excluding tert-OH is 1. The highest BCUT2D eigenvalue weighted by molar-refractivity contribution is 5.38. The number of rotatable bonds is 1. The molecule has 18 heavy (non-hydrogen) atoms. The quantitative estimate of drug-likeness (QED) is 0.759. The molecular weight excluding hydrogens is 227 g/mol. The fraction of sp³-hybridized carbons (Fsp3) is 0.125. The second kappa shape index (κ2) is 5.48. The highest BCUT2D eigenvalue weighted by Gasteiger charge is 2.08. The number of aliphatic hydroxyl groups is 1. The minimum absolute atomic E-state index is 0.206. The number of hydrogen-bond acceptors (Lipinski definition) is 1. The summed E-state index contributed by atoms with van der Waals surface area (Å²) in [6.07, 6.45) is -1.10. The zero-order chi connectivity index (χ0) is 13.0. The molecule has 0 aliphatic heterocycles. The number of halogens is 1. The Bertz CT molecular complexity index is 590. The topological polar surface area (TPSA) is 20.2 Å². The fourth-order valence-corrected chi connectivity index (χ4v) is 1.56. The van der Waals surface area contributed by atoms with E-state index >= 15 is 0 Å². The molecule has 0 fully saturated rings. The van der Waals surface area contributed by atoms with Crippen LogP contribution in [0.4, 0.5) is 4.39 Å². The summed E-state index contributed by atoms with van der Waals surface area (Å²) in [4.78, 5) is 0. The molecule has 0 aromatic heterocycles. The van der Waals surface area contributed by atoms with E-state index in [1.54, 1.807) is 12.1 Å². The van der Waals surface area contributed by atoms with Crippen molar-refractivity contribution in [1.29, 1.82) is 0 Å². The second-order valence-corrected chi connectivity index (χ2v) is 4.06. The predicted molar refractivity (Wildman–Crippen MR) is 69.4 cm³/mol. The lowest BCUT2D eigenvalue weighted by Gasteiger charge is -2.04. The smallest absolute Gasteiger partial charge is 0.143 e. The van der Waals surface area contributed by atoms with E-state index in [2.05, 4.69) is 11.8 Å². The lowest BCUT2D eigenvalue weighted by Crippen LogP contribution is -1.97. The molecule has 0 saturated heterocycles. The zero-order valence-corrected chi connectivity index (χ0v) is 10.0. The summed E-state index contributed by atoms with van der Waals surface area (Å²) in [5, 5.41) is 9.80. The van der Waals surface area contributed by atoms with Gasteiger partial charge in [-0.1, -0.05) is 47.7 Å². The molecule has 0 heterocycles. The Balaban J connectivity index is 2.20. The Hall–Kier alpha value is -2.11. The Labute approximate surface area is 106 Å². The van der Waals surface area contributed by atoms with E-state index in [0.717, 1.165) is 11.1 Å². The third-order valence-corrected chi connectivity index (χ3v) is 2.60. The van der Waals surface area contributed by atoms with Crippen LogP contribution in [-0.4, -0.2) is 5.11 Å². The Morgan fingerprint density at radius 3 is 2.39 bits per heavy atom. The van der Waals surface area contributed by atoms with E-state index in [9.17, 15) is 9.50 Å². The Kier molecular flexibility index (Phi) is 3.76. The standard InChI is InChI=1S/C16H13FO/c1-12-6-8-13(9-7-12)10-11-16(18)14-4-2-3-5-15(14)17/h2-9,16,18H,1H3. The van der Waals surface area contributed by atoms with Crippen molar-refractivity contribution in [1.82, 2.24) is 0 Å². The average molecular weight is 240 g/mol. The number of aryl methyl sites for hydroxylation is 1. The van der Waals surface area contributed by atoms with E-state index in [0.29, 0.717) is 0 Å². The molecule has 1 nitrogen and oxygen atoms in total. The molecule has 0 radical (unpaired) electrons. The lowest BCUT2D eigenvalue weighted by molar-refractivity contribution is 0.233. The molecule has 1 N–H and O–H groups in total. The van der Waals surface area contributed by atoms with Crippen LogP contribution < -0.4 is 0 Å². The highest BCUT2D eigenvalue weighted by Crippen LogP contribution is 2.15. The fourth-order valence-electron chi connectivity index (χ4n) is 1.56. The maximum absolute atomic E-state index is 13.4. The molecule has 1 unspecified atom stereocenters. The van der Waals surface area contributed by atoms with Crippen LogP contribution >= 0.6 is 0 Å². The zero-order valence-electron chi connectivity index (χ0n) is 10.0. The summed E-state index contributed by atoms with van der Waals surface area (Å²) in [5.41, 5.74) is 2.16. The van der Waals surface area contributed by atoms with Gasteiger partial charge in [-0.3, -0.25) is 0 Å². The van der Waals surface area contributed by atoms with Gasteiger partial charge in [0.1, 0.15) is 11.9 Å². The van der Waals surface area contributed by atoms with Gasteiger partial charge in [0.25, 0.3) is 0 Å². The van der Waals surface area contributed by atoms with Crippen LogP contribution in [0.15, 0.2) is 48.5 Å². The number of benzene rings is 2. The van der Waals surface area contributed by atoms with Gasteiger partial charge < -0.3 is 5.11 Å². The molecule has 0 spiro atoms. The van der Waals surface area contributed by atoms with Gasteiger partial charge in [-0.15, -0.1) is 0 Å². The normalized spacial score (nSPS) is 11.5. The maximum atomic E-state index is 13.4. The van der Waals surface area contributed by atoms with Crippen LogP contribution in [0.2, 0.25) is 0 Å². The van der Waals surface area contributed by atoms with Crippen LogP contribution in [0.25, 0.3) is 0 Å². The Morgan fingerprint density at radius 1 is 1.06 bits per heavy atom. The molecule has 90 valence electrons. The first-order chi connectivity index (χ1) is 8.66. The highest BCUT2D eigenvalue weighted by atomic mass is 19.1. The molecule has 0 saturated carbocycles. The maximum Gasteiger partial charge on any atom is 0.143 e. The molecule has 0 aliphatic carbocycles. The molecule has 1 atom stereocenters. The van der Waals surface area contributed by atoms with E-state index in [1.807, 2.05) is 31.2 Å². The lowest BCUT2D eigenvalue weighted by atomic mass is 10.1. The average Bonchev–Trinajstić information content (AvgIpc) is 2.38. The molecule has 2 rings (SSSR count). The third kappa shape index (κ3) is 2.97. The molecule has 0 bridgehead atoms. The second-order valence-electron chi connectivity index (χ2n) is 4.06. The molecule has 0 amide bonds. The molecule has 2 aromatic rings. The van der Waals surface area contributed by atoms with Crippen LogP contribution in [0.3, 0.4) is 0 Å². The van der Waals surface area contributed by atoms with Crippen molar-refractivity contribution in [2.24, 2.45) is 0 Å². The van der Waals surface area contributed by atoms with Gasteiger partial charge in [0.05, 0.1) is 0 Å². The van der Waals surface area contributed by atoms with Crippen LogP contribution in [0, 0.1) is 24.6 Å². The van der Waals surface area contributed by atoms with E-state index in [4.69, 9.17) is 0 Å².